The molecule has 4 rings (SSSR count). The first kappa shape index (κ1) is 17.6. The first-order valence-electron chi connectivity index (χ1n) is 8.67. The molecule has 2 aromatic rings. The van der Waals surface area contributed by atoms with Crippen molar-refractivity contribution >= 4 is 34.6 Å². The normalized spacial score (nSPS) is 18.9. The third kappa shape index (κ3) is 3.68. The van der Waals surface area contributed by atoms with E-state index in [1.54, 1.807) is 42.5 Å². The lowest BCUT2D eigenvalue weighted by molar-refractivity contribution is -0.113. The minimum atomic E-state index is -0.296. The Bertz CT molecular complexity index is 936. The molecule has 2 heterocycles. The van der Waals surface area contributed by atoms with Crippen LogP contribution in [-0.4, -0.2) is 47.3 Å². The van der Waals surface area contributed by atoms with Gasteiger partial charge in [-0.1, -0.05) is 30.3 Å². The van der Waals surface area contributed by atoms with E-state index in [9.17, 15) is 14.3 Å². The van der Waals surface area contributed by atoms with E-state index in [0.29, 0.717) is 47.5 Å². The fourth-order valence-electron chi connectivity index (χ4n) is 3.13. The van der Waals surface area contributed by atoms with Gasteiger partial charge in [0.25, 0.3) is 5.91 Å². The van der Waals surface area contributed by atoms with Gasteiger partial charge in [0.15, 0.2) is 5.17 Å². The maximum atomic E-state index is 14.0. The van der Waals surface area contributed by atoms with Crippen molar-refractivity contribution in [2.75, 3.05) is 31.1 Å². The first-order chi connectivity index (χ1) is 13.1. The van der Waals surface area contributed by atoms with Crippen molar-refractivity contribution in [1.82, 2.24) is 4.90 Å². The largest absolute Gasteiger partial charge is 0.507 e. The summed E-state index contributed by atoms with van der Waals surface area (Å²) in [4.78, 5) is 20.9. The van der Waals surface area contributed by atoms with Crippen LogP contribution >= 0.6 is 11.8 Å². The molecule has 1 fully saturated rings. The van der Waals surface area contributed by atoms with E-state index in [1.807, 2.05) is 15.9 Å². The van der Waals surface area contributed by atoms with Gasteiger partial charge >= 0.3 is 0 Å². The highest BCUT2D eigenvalue weighted by atomic mass is 32.2. The molecule has 1 amide bonds. The molecule has 0 saturated carbocycles. The number of thioether (sulfide) groups is 1. The predicted molar refractivity (Wildman–Crippen MR) is 106 cm³/mol. The molecule has 1 saturated heterocycles. The van der Waals surface area contributed by atoms with Crippen LogP contribution in [0.15, 0.2) is 58.4 Å². The summed E-state index contributed by atoms with van der Waals surface area (Å²) in [6, 6.07) is 13.6. The van der Waals surface area contributed by atoms with Crippen molar-refractivity contribution in [2.45, 2.75) is 0 Å². The Hall–Kier alpha value is -2.80. The number of carbonyl (C=O) groups excluding carboxylic acids is 1. The molecule has 2 aliphatic heterocycles. The van der Waals surface area contributed by atoms with Crippen LogP contribution < -0.4 is 4.90 Å². The van der Waals surface area contributed by atoms with Crippen LogP contribution in [0.25, 0.3) is 6.08 Å². The molecule has 2 aliphatic rings. The lowest BCUT2D eigenvalue weighted by Gasteiger charge is -2.36. The summed E-state index contributed by atoms with van der Waals surface area (Å²) in [7, 11) is 0. The number of piperazine rings is 1. The monoisotopic (exact) mass is 383 g/mol. The van der Waals surface area contributed by atoms with Gasteiger partial charge in [-0.15, -0.1) is 0 Å². The molecule has 0 bridgehead atoms. The zero-order chi connectivity index (χ0) is 18.8. The van der Waals surface area contributed by atoms with E-state index >= 15 is 0 Å². The second-order valence-electron chi connectivity index (χ2n) is 6.29. The van der Waals surface area contributed by atoms with Crippen molar-refractivity contribution in [2.24, 2.45) is 4.99 Å². The van der Waals surface area contributed by atoms with Gasteiger partial charge in [-0.05, 0) is 36.0 Å². The number of anilines is 1. The number of para-hydroxylation sites is 2. The van der Waals surface area contributed by atoms with E-state index in [-0.39, 0.29) is 17.5 Å². The van der Waals surface area contributed by atoms with E-state index in [0.717, 1.165) is 0 Å². The zero-order valence-electron chi connectivity index (χ0n) is 14.5. The number of aromatic hydroxyl groups is 1. The van der Waals surface area contributed by atoms with E-state index in [2.05, 4.69) is 4.99 Å². The molecule has 0 aliphatic carbocycles. The van der Waals surface area contributed by atoms with Gasteiger partial charge in [0.2, 0.25) is 0 Å². The molecule has 2 aromatic carbocycles. The van der Waals surface area contributed by atoms with E-state index in [1.165, 1.54) is 17.8 Å². The summed E-state index contributed by atoms with van der Waals surface area (Å²) in [5.74, 6) is -0.387. The van der Waals surface area contributed by atoms with Crippen LogP contribution in [0.3, 0.4) is 0 Å². The van der Waals surface area contributed by atoms with Crippen LogP contribution in [0.4, 0.5) is 10.1 Å². The quantitative estimate of drug-likeness (QED) is 0.807. The predicted octanol–water partition coefficient (Wildman–Crippen LogP) is 3.32. The van der Waals surface area contributed by atoms with Crippen LogP contribution in [-0.2, 0) is 4.79 Å². The number of rotatable bonds is 2. The highest BCUT2D eigenvalue weighted by molar-refractivity contribution is 8.18. The van der Waals surface area contributed by atoms with Crippen LogP contribution in [0.5, 0.6) is 5.75 Å². The number of hydrogen-bond donors (Lipinski definition) is 1. The summed E-state index contributed by atoms with van der Waals surface area (Å²) in [6.45, 7) is 2.65. The van der Waals surface area contributed by atoms with Crippen molar-refractivity contribution in [3.8, 4) is 5.75 Å². The summed E-state index contributed by atoms with van der Waals surface area (Å²) >= 11 is 1.31. The second kappa shape index (κ2) is 7.44. The number of aliphatic imine (C=N–C) groups is 1. The lowest BCUT2D eigenvalue weighted by atomic mass is 10.2. The van der Waals surface area contributed by atoms with Crippen molar-refractivity contribution in [1.29, 1.82) is 0 Å². The minimum absolute atomic E-state index is 0.130. The van der Waals surface area contributed by atoms with Gasteiger partial charge in [0, 0.05) is 31.7 Å². The Kier molecular flexibility index (Phi) is 4.85. The van der Waals surface area contributed by atoms with Gasteiger partial charge < -0.3 is 14.9 Å². The third-order valence-corrected chi connectivity index (χ3v) is 5.62. The molecule has 5 nitrogen and oxygen atoms in total. The fraction of sp³-hybridized carbons (Fsp3) is 0.200. The second-order valence-corrected chi connectivity index (χ2v) is 7.30. The molecule has 0 atom stereocenters. The number of phenols is 1. The Morgan fingerprint density at radius 3 is 2.41 bits per heavy atom. The van der Waals surface area contributed by atoms with Crippen LogP contribution in [0, 0.1) is 5.82 Å². The number of nitrogens with zero attached hydrogens (tertiary/aromatic N) is 3. The fourth-order valence-corrected chi connectivity index (χ4v) is 4.09. The number of halogens is 1. The maximum absolute atomic E-state index is 14.0. The number of carbonyl (C=O) groups is 1. The maximum Gasteiger partial charge on any atom is 0.286 e. The van der Waals surface area contributed by atoms with E-state index < -0.39 is 0 Å². The molecule has 7 heteroatoms. The number of amides is 1. The first-order valence-corrected chi connectivity index (χ1v) is 9.48. The van der Waals surface area contributed by atoms with E-state index in [4.69, 9.17) is 0 Å². The third-order valence-electron chi connectivity index (χ3n) is 4.58. The Labute approximate surface area is 160 Å². The average molecular weight is 383 g/mol. The topological polar surface area (TPSA) is 56.1 Å². The number of amidine groups is 1. The van der Waals surface area contributed by atoms with Gasteiger partial charge in [0.1, 0.15) is 11.6 Å². The van der Waals surface area contributed by atoms with Gasteiger partial charge in [-0.2, -0.15) is 4.99 Å². The molecular formula is C20H18FN3O2S. The SMILES string of the molecule is O=C1N=C(N2CCN(c3ccccc3F)CC2)S/C1=C\c1ccccc1O. The number of benzene rings is 2. The molecule has 0 spiro atoms. The van der Waals surface area contributed by atoms with Crippen LogP contribution in [0.1, 0.15) is 5.56 Å². The smallest absolute Gasteiger partial charge is 0.286 e. The molecule has 0 aromatic heterocycles. The molecule has 27 heavy (non-hydrogen) atoms. The summed E-state index contributed by atoms with van der Waals surface area (Å²) in [5.41, 5.74) is 1.20. The van der Waals surface area contributed by atoms with Crippen molar-refractivity contribution in [3.05, 3.63) is 64.8 Å². The van der Waals surface area contributed by atoms with Gasteiger partial charge in [0.05, 0.1) is 10.6 Å². The highest BCUT2D eigenvalue weighted by Gasteiger charge is 2.29. The summed E-state index contributed by atoms with van der Waals surface area (Å²) < 4.78 is 14.0. The molecular weight excluding hydrogens is 365 g/mol. The zero-order valence-corrected chi connectivity index (χ0v) is 15.3. The number of phenolic OH excluding ortho intramolecular Hbond substituents is 1. The minimum Gasteiger partial charge on any atom is -0.507 e. The molecule has 0 unspecified atom stereocenters. The average Bonchev–Trinajstić information content (AvgIpc) is 3.05. The van der Waals surface area contributed by atoms with Gasteiger partial charge in [-0.25, -0.2) is 4.39 Å². The lowest BCUT2D eigenvalue weighted by Crippen LogP contribution is -2.48. The molecule has 0 radical (unpaired) electrons. The Morgan fingerprint density at radius 2 is 1.67 bits per heavy atom. The van der Waals surface area contributed by atoms with Crippen molar-refractivity contribution < 1.29 is 14.3 Å². The van der Waals surface area contributed by atoms with Gasteiger partial charge in [-0.3, -0.25) is 4.79 Å². The Morgan fingerprint density at radius 1 is 1.00 bits per heavy atom. The summed E-state index contributed by atoms with van der Waals surface area (Å²) in [6.07, 6.45) is 1.66. The van der Waals surface area contributed by atoms with Crippen LogP contribution in [0.2, 0.25) is 0 Å². The van der Waals surface area contributed by atoms with Crippen molar-refractivity contribution in [3.63, 3.8) is 0 Å². The molecule has 1 N–H and O–H groups in total. The highest BCUT2D eigenvalue weighted by Crippen LogP contribution is 2.32. The standard InChI is InChI=1S/C20H18FN3O2S/c21-15-6-2-3-7-16(15)23-9-11-24(12-10-23)20-22-19(26)18(27-20)13-14-5-1-4-8-17(14)25/h1-8,13,25H,9-12H2/b18-13-. The number of hydrogen-bond acceptors (Lipinski definition) is 5. The summed E-state index contributed by atoms with van der Waals surface area (Å²) in [5, 5.41) is 10.5. The Balaban J connectivity index is 1.43. The molecule has 138 valence electrons.